The molecule has 1 unspecified atom stereocenters. The third-order valence-corrected chi connectivity index (χ3v) is 4.40. The molecule has 0 aliphatic heterocycles. The van der Waals surface area contributed by atoms with E-state index in [1.807, 2.05) is 37.3 Å². The molecule has 0 spiro atoms. The molecule has 0 saturated heterocycles. The van der Waals surface area contributed by atoms with Gasteiger partial charge in [0.1, 0.15) is 5.75 Å². The van der Waals surface area contributed by atoms with E-state index in [0.29, 0.717) is 15.1 Å². The Kier molecular flexibility index (Phi) is 5.51. The first-order valence-corrected chi connectivity index (χ1v) is 7.47. The number of rotatable bonds is 4. The van der Waals surface area contributed by atoms with Crippen LogP contribution in [0.2, 0.25) is 15.1 Å². The number of nitrogens with zero attached hydrogens (tertiary/aromatic N) is 1. The molecule has 110 valence electrons. The Morgan fingerprint density at radius 2 is 1.76 bits per heavy atom. The van der Waals surface area contributed by atoms with E-state index in [4.69, 9.17) is 39.5 Å². The molecule has 0 aliphatic rings. The Morgan fingerprint density at radius 1 is 1.05 bits per heavy atom. The highest BCUT2D eigenvalue weighted by Gasteiger charge is 2.13. The Balaban J connectivity index is 2.27. The summed E-state index contributed by atoms with van der Waals surface area (Å²) >= 11 is 18.2. The lowest BCUT2D eigenvalue weighted by Crippen LogP contribution is -1.95. The Labute approximate surface area is 139 Å². The van der Waals surface area contributed by atoms with Crippen molar-refractivity contribution in [1.82, 2.24) is 0 Å². The normalized spacial score (nSPS) is 12.6. The molecular weight excluding hydrogens is 329 g/mol. The lowest BCUT2D eigenvalue weighted by molar-refractivity contribution is 0.414. The second kappa shape index (κ2) is 7.17. The molecule has 0 bridgehead atoms. The smallest absolute Gasteiger partial charge is 0.127 e. The fourth-order valence-corrected chi connectivity index (χ4v) is 2.61. The molecule has 5 heteroatoms. The SMILES string of the molecule is COc1ccccc1C=NC(C)c1ccc(Cl)c(Cl)c1Cl. The van der Waals surface area contributed by atoms with Crippen LogP contribution in [0.1, 0.15) is 24.1 Å². The number of ether oxygens (including phenoxy) is 1. The average molecular weight is 343 g/mol. The van der Waals surface area contributed by atoms with Gasteiger partial charge in [-0.15, -0.1) is 0 Å². The van der Waals surface area contributed by atoms with Crippen molar-refractivity contribution in [3.8, 4) is 5.75 Å². The maximum atomic E-state index is 6.22. The maximum absolute atomic E-state index is 6.22. The molecule has 1 atom stereocenters. The Hall–Kier alpha value is -1.22. The summed E-state index contributed by atoms with van der Waals surface area (Å²) in [5.41, 5.74) is 1.74. The minimum absolute atomic E-state index is 0.142. The number of hydrogen-bond donors (Lipinski definition) is 0. The first kappa shape index (κ1) is 16.2. The molecule has 0 aromatic heterocycles. The summed E-state index contributed by atoms with van der Waals surface area (Å²) in [6.45, 7) is 1.94. The van der Waals surface area contributed by atoms with Crippen LogP contribution >= 0.6 is 34.8 Å². The van der Waals surface area contributed by atoms with Gasteiger partial charge in [0.05, 0.1) is 28.2 Å². The highest BCUT2D eigenvalue weighted by molar-refractivity contribution is 6.48. The van der Waals surface area contributed by atoms with E-state index >= 15 is 0 Å². The number of aliphatic imine (C=N–C) groups is 1. The quantitative estimate of drug-likeness (QED) is 0.505. The summed E-state index contributed by atoms with van der Waals surface area (Å²) in [5.74, 6) is 0.772. The maximum Gasteiger partial charge on any atom is 0.127 e. The number of methoxy groups -OCH3 is 1. The van der Waals surface area contributed by atoms with E-state index in [9.17, 15) is 0 Å². The van der Waals surface area contributed by atoms with Crippen molar-refractivity contribution < 1.29 is 4.74 Å². The second-order valence-corrected chi connectivity index (χ2v) is 5.62. The lowest BCUT2D eigenvalue weighted by Gasteiger charge is -2.11. The number of hydrogen-bond acceptors (Lipinski definition) is 2. The van der Waals surface area contributed by atoms with Gasteiger partial charge in [0.2, 0.25) is 0 Å². The zero-order chi connectivity index (χ0) is 15.4. The van der Waals surface area contributed by atoms with Crippen molar-refractivity contribution in [1.29, 1.82) is 0 Å². The standard InChI is InChI=1S/C16H14Cl3NO/c1-10(12-7-8-13(17)16(19)15(12)18)20-9-11-5-3-4-6-14(11)21-2/h3-10H,1-2H3. The van der Waals surface area contributed by atoms with Gasteiger partial charge in [0.25, 0.3) is 0 Å². The van der Waals surface area contributed by atoms with Gasteiger partial charge in [-0.25, -0.2) is 0 Å². The first-order valence-electron chi connectivity index (χ1n) is 6.34. The van der Waals surface area contributed by atoms with E-state index in [1.165, 1.54) is 0 Å². The van der Waals surface area contributed by atoms with Gasteiger partial charge in [-0.05, 0) is 30.7 Å². The molecule has 0 radical (unpaired) electrons. The topological polar surface area (TPSA) is 21.6 Å². The van der Waals surface area contributed by atoms with Crippen molar-refractivity contribution in [3.05, 3.63) is 62.6 Å². The van der Waals surface area contributed by atoms with E-state index in [2.05, 4.69) is 4.99 Å². The van der Waals surface area contributed by atoms with Crippen LogP contribution in [0.25, 0.3) is 0 Å². The third kappa shape index (κ3) is 3.70. The van der Waals surface area contributed by atoms with Crippen LogP contribution in [0.4, 0.5) is 0 Å². The van der Waals surface area contributed by atoms with Gasteiger partial charge in [0, 0.05) is 11.8 Å². The summed E-state index contributed by atoms with van der Waals surface area (Å²) in [6.07, 6.45) is 1.77. The van der Waals surface area contributed by atoms with Gasteiger partial charge in [-0.1, -0.05) is 53.0 Å². The van der Waals surface area contributed by atoms with Crippen LogP contribution in [-0.4, -0.2) is 13.3 Å². The van der Waals surface area contributed by atoms with Gasteiger partial charge in [-0.3, -0.25) is 4.99 Å². The van der Waals surface area contributed by atoms with Crippen molar-refractivity contribution in [2.75, 3.05) is 7.11 Å². The lowest BCUT2D eigenvalue weighted by atomic mass is 10.1. The van der Waals surface area contributed by atoms with Crippen molar-refractivity contribution >= 4 is 41.0 Å². The fourth-order valence-electron chi connectivity index (χ4n) is 1.91. The monoisotopic (exact) mass is 341 g/mol. The highest BCUT2D eigenvalue weighted by atomic mass is 35.5. The molecule has 0 amide bonds. The highest BCUT2D eigenvalue weighted by Crippen LogP contribution is 2.36. The van der Waals surface area contributed by atoms with E-state index in [1.54, 1.807) is 19.4 Å². The third-order valence-electron chi connectivity index (χ3n) is 3.09. The van der Waals surface area contributed by atoms with E-state index in [-0.39, 0.29) is 6.04 Å². The molecule has 2 rings (SSSR count). The van der Waals surface area contributed by atoms with E-state index < -0.39 is 0 Å². The van der Waals surface area contributed by atoms with Gasteiger partial charge in [0.15, 0.2) is 0 Å². The van der Waals surface area contributed by atoms with Crippen molar-refractivity contribution in [3.63, 3.8) is 0 Å². The molecule has 0 saturated carbocycles. The average Bonchev–Trinajstić information content (AvgIpc) is 2.50. The Bertz CT molecular complexity index is 671. The predicted octanol–water partition coefficient (Wildman–Crippen LogP) is 5.84. The van der Waals surface area contributed by atoms with Gasteiger partial charge < -0.3 is 4.74 Å². The van der Waals surface area contributed by atoms with Crippen LogP contribution < -0.4 is 4.74 Å². The molecule has 0 N–H and O–H groups in total. The van der Waals surface area contributed by atoms with Crippen LogP contribution in [-0.2, 0) is 0 Å². The summed E-state index contributed by atoms with van der Waals surface area (Å²) in [6, 6.07) is 11.1. The van der Waals surface area contributed by atoms with Crippen LogP contribution in [0.15, 0.2) is 41.4 Å². The zero-order valence-electron chi connectivity index (χ0n) is 11.6. The van der Waals surface area contributed by atoms with Crippen LogP contribution in [0.5, 0.6) is 5.75 Å². The summed E-state index contributed by atoms with van der Waals surface area (Å²) < 4.78 is 5.29. The van der Waals surface area contributed by atoms with Gasteiger partial charge >= 0.3 is 0 Å². The molecule has 2 aromatic carbocycles. The fraction of sp³-hybridized carbons (Fsp3) is 0.188. The molecule has 0 heterocycles. The molecule has 0 aliphatic carbocycles. The minimum atomic E-state index is -0.142. The van der Waals surface area contributed by atoms with Crippen molar-refractivity contribution in [2.45, 2.75) is 13.0 Å². The minimum Gasteiger partial charge on any atom is -0.496 e. The van der Waals surface area contributed by atoms with E-state index in [0.717, 1.165) is 16.9 Å². The first-order chi connectivity index (χ1) is 10.0. The van der Waals surface area contributed by atoms with Crippen LogP contribution in [0, 0.1) is 0 Å². The molecule has 2 nitrogen and oxygen atoms in total. The molecular formula is C16H14Cl3NO. The summed E-state index contributed by atoms with van der Waals surface area (Å²) in [4.78, 5) is 4.51. The molecule has 2 aromatic rings. The largest absolute Gasteiger partial charge is 0.496 e. The Morgan fingerprint density at radius 3 is 2.48 bits per heavy atom. The zero-order valence-corrected chi connectivity index (χ0v) is 13.9. The number of halogens is 3. The van der Waals surface area contributed by atoms with Crippen molar-refractivity contribution in [2.24, 2.45) is 4.99 Å². The second-order valence-electron chi connectivity index (χ2n) is 4.46. The number of para-hydroxylation sites is 1. The van der Waals surface area contributed by atoms with Gasteiger partial charge in [-0.2, -0.15) is 0 Å². The molecule has 0 fully saturated rings. The summed E-state index contributed by atoms with van der Waals surface area (Å²) in [5, 5.41) is 1.23. The number of benzene rings is 2. The molecule has 21 heavy (non-hydrogen) atoms. The summed E-state index contributed by atoms with van der Waals surface area (Å²) in [7, 11) is 1.63. The predicted molar refractivity (Wildman–Crippen MR) is 90.5 cm³/mol. The van der Waals surface area contributed by atoms with Crippen LogP contribution in [0.3, 0.4) is 0 Å².